The molecule has 116 valence electrons. The van der Waals surface area contributed by atoms with Crippen LogP contribution < -0.4 is 11.1 Å². The number of carbonyl (C=O) groups is 1. The van der Waals surface area contributed by atoms with E-state index in [9.17, 15) is 4.79 Å². The summed E-state index contributed by atoms with van der Waals surface area (Å²) in [6, 6.07) is 9.94. The maximum absolute atomic E-state index is 12.3. The highest BCUT2D eigenvalue weighted by Gasteiger charge is 2.31. The van der Waals surface area contributed by atoms with E-state index in [-0.39, 0.29) is 11.8 Å². The first-order valence-electron chi connectivity index (χ1n) is 7.63. The molecule has 1 aromatic heterocycles. The van der Waals surface area contributed by atoms with Gasteiger partial charge in [-0.3, -0.25) is 4.79 Å². The lowest BCUT2D eigenvalue weighted by Crippen LogP contribution is -2.34. The van der Waals surface area contributed by atoms with Crippen molar-refractivity contribution in [3.63, 3.8) is 0 Å². The number of nitrogens with two attached hydrogens (primary N) is 1. The number of rotatable bonds is 5. The number of nitrogens with zero attached hydrogens (tertiary/aromatic N) is 2. The molecule has 2 aromatic rings. The zero-order valence-electron chi connectivity index (χ0n) is 12.4. The van der Waals surface area contributed by atoms with Crippen molar-refractivity contribution in [3.05, 3.63) is 35.3 Å². The summed E-state index contributed by atoms with van der Waals surface area (Å²) < 4.78 is 0. The first-order chi connectivity index (χ1) is 10.8. The van der Waals surface area contributed by atoms with Crippen molar-refractivity contribution in [3.8, 4) is 10.6 Å². The Labute approximate surface area is 134 Å². The van der Waals surface area contributed by atoms with Gasteiger partial charge in [0.1, 0.15) is 10.0 Å². The second-order valence-electron chi connectivity index (χ2n) is 5.62. The molecule has 1 amide bonds. The molecule has 6 heteroatoms. The van der Waals surface area contributed by atoms with Crippen molar-refractivity contribution < 1.29 is 4.79 Å². The summed E-state index contributed by atoms with van der Waals surface area (Å²) in [6.07, 6.45) is 3.10. The van der Waals surface area contributed by atoms with Crippen molar-refractivity contribution in [2.75, 3.05) is 6.54 Å². The van der Waals surface area contributed by atoms with Gasteiger partial charge >= 0.3 is 0 Å². The highest BCUT2D eigenvalue weighted by atomic mass is 32.1. The van der Waals surface area contributed by atoms with Crippen LogP contribution in [0.25, 0.3) is 10.6 Å². The Morgan fingerprint density at radius 3 is 2.86 bits per heavy atom. The van der Waals surface area contributed by atoms with Crippen LogP contribution in [0.1, 0.15) is 24.3 Å². The van der Waals surface area contributed by atoms with Crippen LogP contribution in [-0.2, 0) is 11.3 Å². The summed E-state index contributed by atoms with van der Waals surface area (Å²) in [7, 11) is 0. The molecule has 5 nitrogen and oxygen atoms in total. The molecular weight excluding hydrogens is 296 g/mol. The molecule has 0 bridgehead atoms. The van der Waals surface area contributed by atoms with Crippen molar-refractivity contribution >= 4 is 17.2 Å². The number of amides is 1. The van der Waals surface area contributed by atoms with Crippen molar-refractivity contribution in [1.29, 1.82) is 0 Å². The highest BCUT2D eigenvalue weighted by Crippen LogP contribution is 2.31. The molecule has 1 fully saturated rings. The van der Waals surface area contributed by atoms with Crippen LogP contribution in [0, 0.1) is 11.8 Å². The Morgan fingerprint density at radius 1 is 1.27 bits per heavy atom. The molecular formula is C16H20N4OS. The maximum Gasteiger partial charge on any atom is 0.223 e. The van der Waals surface area contributed by atoms with Crippen LogP contribution in [0.2, 0.25) is 0 Å². The molecule has 22 heavy (non-hydrogen) atoms. The highest BCUT2D eigenvalue weighted by molar-refractivity contribution is 7.14. The zero-order valence-corrected chi connectivity index (χ0v) is 13.2. The molecule has 1 saturated carbocycles. The Hall–Kier alpha value is -1.79. The third kappa shape index (κ3) is 3.34. The lowest BCUT2D eigenvalue weighted by molar-refractivity contribution is -0.126. The molecule has 2 atom stereocenters. The van der Waals surface area contributed by atoms with E-state index >= 15 is 0 Å². The van der Waals surface area contributed by atoms with E-state index in [2.05, 4.69) is 15.5 Å². The molecule has 0 saturated heterocycles. The van der Waals surface area contributed by atoms with E-state index < -0.39 is 0 Å². The summed E-state index contributed by atoms with van der Waals surface area (Å²) in [5, 5.41) is 13.0. The Kier molecular flexibility index (Phi) is 4.80. The van der Waals surface area contributed by atoms with E-state index in [0.717, 1.165) is 34.8 Å². The van der Waals surface area contributed by atoms with E-state index in [1.165, 1.54) is 11.3 Å². The minimum Gasteiger partial charge on any atom is -0.349 e. The summed E-state index contributed by atoms with van der Waals surface area (Å²) in [4.78, 5) is 12.3. The lowest BCUT2D eigenvalue weighted by atomic mass is 9.95. The van der Waals surface area contributed by atoms with Crippen molar-refractivity contribution in [2.24, 2.45) is 17.6 Å². The average molecular weight is 316 g/mol. The summed E-state index contributed by atoms with van der Waals surface area (Å²) in [6.45, 7) is 1.03. The third-order valence-corrected chi connectivity index (χ3v) is 5.17. The van der Waals surface area contributed by atoms with Crippen LogP contribution in [0.3, 0.4) is 0 Å². The van der Waals surface area contributed by atoms with Gasteiger partial charge < -0.3 is 11.1 Å². The first kappa shape index (κ1) is 15.1. The quantitative estimate of drug-likeness (QED) is 0.886. The normalized spacial score (nSPS) is 21.0. The predicted molar refractivity (Wildman–Crippen MR) is 87.1 cm³/mol. The Morgan fingerprint density at radius 2 is 2.09 bits per heavy atom. The predicted octanol–water partition coefficient (Wildman–Crippen LogP) is 2.20. The van der Waals surface area contributed by atoms with Crippen molar-refractivity contribution in [1.82, 2.24) is 15.5 Å². The van der Waals surface area contributed by atoms with Crippen LogP contribution in [0.5, 0.6) is 0 Å². The average Bonchev–Trinajstić information content (AvgIpc) is 3.22. The van der Waals surface area contributed by atoms with Gasteiger partial charge in [0.15, 0.2) is 0 Å². The number of aromatic nitrogens is 2. The first-order valence-corrected chi connectivity index (χ1v) is 8.45. The van der Waals surface area contributed by atoms with Crippen molar-refractivity contribution in [2.45, 2.75) is 25.8 Å². The number of benzene rings is 1. The van der Waals surface area contributed by atoms with E-state index in [1.54, 1.807) is 0 Å². The van der Waals surface area contributed by atoms with Crippen LogP contribution in [0.15, 0.2) is 30.3 Å². The molecule has 1 aliphatic carbocycles. The molecule has 0 aliphatic heterocycles. The standard InChI is InChI=1S/C16H20N4OS/c17-9-12-7-4-8-13(12)15(21)18-10-14-19-20-16(22-14)11-5-2-1-3-6-11/h1-3,5-6,12-13H,4,7-10,17H2,(H,18,21)/t12-,13-/m1/s1. The van der Waals surface area contributed by atoms with Gasteiger partial charge in [0.25, 0.3) is 0 Å². The maximum atomic E-state index is 12.3. The molecule has 1 aromatic carbocycles. The van der Waals surface area contributed by atoms with Gasteiger partial charge in [0.2, 0.25) is 5.91 Å². The fourth-order valence-electron chi connectivity index (χ4n) is 2.98. The van der Waals surface area contributed by atoms with Gasteiger partial charge in [0, 0.05) is 11.5 Å². The largest absolute Gasteiger partial charge is 0.349 e. The minimum absolute atomic E-state index is 0.0616. The van der Waals surface area contributed by atoms with E-state index in [0.29, 0.717) is 19.0 Å². The van der Waals surface area contributed by atoms with Gasteiger partial charge in [0.05, 0.1) is 6.54 Å². The zero-order chi connectivity index (χ0) is 15.4. The molecule has 3 rings (SSSR count). The molecule has 0 radical (unpaired) electrons. The molecule has 1 aliphatic rings. The molecule has 0 unspecified atom stereocenters. The lowest BCUT2D eigenvalue weighted by Gasteiger charge is -2.16. The summed E-state index contributed by atoms with van der Waals surface area (Å²) in [5.74, 6) is 0.491. The van der Waals surface area contributed by atoms with Crippen LogP contribution in [0.4, 0.5) is 0 Å². The SMILES string of the molecule is NC[C@H]1CCC[C@H]1C(=O)NCc1nnc(-c2ccccc2)s1. The number of hydrogen-bond acceptors (Lipinski definition) is 5. The smallest absolute Gasteiger partial charge is 0.223 e. The van der Waals surface area contributed by atoms with Gasteiger partial charge in [-0.05, 0) is 25.3 Å². The minimum atomic E-state index is 0.0616. The molecule has 3 N–H and O–H groups in total. The Bertz CT molecular complexity index is 628. The third-order valence-electron chi connectivity index (χ3n) is 4.20. The number of carbonyl (C=O) groups excluding carboxylic acids is 1. The van der Waals surface area contributed by atoms with Crippen LogP contribution in [-0.4, -0.2) is 22.6 Å². The monoisotopic (exact) mass is 316 g/mol. The van der Waals surface area contributed by atoms with Gasteiger partial charge in [-0.2, -0.15) is 0 Å². The van der Waals surface area contributed by atoms with E-state index in [4.69, 9.17) is 5.73 Å². The number of hydrogen-bond donors (Lipinski definition) is 2. The summed E-state index contributed by atoms with van der Waals surface area (Å²) >= 11 is 1.52. The molecule has 1 heterocycles. The fourth-order valence-corrected chi connectivity index (χ4v) is 3.77. The van der Waals surface area contributed by atoms with Crippen LogP contribution >= 0.6 is 11.3 Å². The van der Waals surface area contributed by atoms with E-state index in [1.807, 2.05) is 30.3 Å². The Balaban J connectivity index is 1.58. The number of nitrogens with one attached hydrogen (secondary N) is 1. The second kappa shape index (κ2) is 6.98. The summed E-state index contributed by atoms with van der Waals surface area (Å²) in [5.41, 5.74) is 6.79. The van der Waals surface area contributed by atoms with Gasteiger partial charge in [-0.15, -0.1) is 10.2 Å². The molecule has 0 spiro atoms. The van der Waals surface area contributed by atoms with Gasteiger partial charge in [-0.1, -0.05) is 48.1 Å². The second-order valence-corrected chi connectivity index (χ2v) is 6.68. The fraction of sp³-hybridized carbons (Fsp3) is 0.438. The topological polar surface area (TPSA) is 80.9 Å². The van der Waals surface area contributed by atoms with Gasteiger partial charge in [-0.25, -0.2) is 0 Å².